The van der Waals surface area contributed by atoms with Crippen LogP contribution in [-0.4, -0.2) is 46.1 Å². The first-order valence-corrected chi connectivity index (χ1v) is 10.4. The van der Waals surface area contributed by atoms with E-state index in [1.54, 1.807) is 0 Å². The zero-order chi connectivity index (χ0) is 28.1. The number of carbonyl (C=O) groups excluding carboxylic acids is 3. The summed E-state index contributed by atoms with van der Waals surface area (Å²) in [5.41, 5.74) is -0.868. The van der Waals surface area contributed by atoms with Gasteiger partial charge in [-0.15, -0.1) is 0 Å². The topological polar surface area (TPSA) is 223 Å². The summed E-state index contributed by atoms with van der Waals surface area (Å²) in [5.74, 6) is -5.81. The largest absolute Gasteiger partial charge is 4.00 e. The molecule has 0 radical (unpaired) electrons. The molecule has 0 spiro atoms. The summed E-state index contributed by atoms with van der Waals surface area (Å²) in [5, 5.41) is 66.3. The molecular formula is C25H28N2O9Ti. The van der Waals surface area contributed by atoms with Crippen LogP contribution in [0.2, 0.25) is 0 Å². The van der Waals surface area contributed by atoms with Gasteiger partial charge in [-0.25, -0.2) is 0 Å². The van der Waals surface area contributed by atoms with Crippen molar-refractivity contribution < 1.29 is 77.4 Å². The van der Waals surface area contributed by atoms with Crippen LogP contribution in [0, 0.1) is 0 Å². The Balaban J connectivity index is -0.000000418. The molecule has 0 bridgehead atoms. The molecule has 0 aliphatic heterocycles. The predicted octanol–water partition coefficient (Wildman–Crippen LogP) is -5.01. The van der Waals surface area contributed by atoms with Crippen molar-refractivity contribution in [3.8, 4) is 17.2 Å². The molecule has 0 unspecified atom stereocenters. The number of hydrogen-bond donors (Lipinski definition) is 2. The standard InChI is InChI=1S/3C7H6O3.2C2H7N.Ti/c3*8-6-4-2-1-3-5(6)7(9)10;2*1-3-2;/h3*1-4,8H,(H,9,10);2*3H,1-2H3;/q;;;;;+4/p-4. The number of nitrogens with two attached hydrogens (primary N) is 2. The second-order valence-corrected chi connectivity index (χ2v) is 6.51. The van der Waals surface area contributed by atoms with Gasteiger partial charge in [-0.3, -0.25) is 0 Å². The Hall–Kier alpha value is -3.90. The van der Waals surface area contributed by atoms with E-state index in [9.17, 15) is 45.0 Å². The maximum Gasteiger partial charge on any atom is 4.00 e. The van der Waals surface area contributed by atoms with Gasteiger partial charge in [-0.1, -0.05) is 90.0 Å². The SMILES string of the molecule is C[NH2+]C.C[NH2+]C.O=C([O-])c1ccccc1[O-].O=C([O-])c1ccccc1[O-].O=C([O-])c1ccccc1[O-].[Ti+4]. The Labute approximate surface area is 229 Å². The summed E-state index contributed by atoms with van der Waals surface area (Å²) in [6.07, 6.45) is 0. The Morgan fingerprint density at radius 1 is 0.486 bits per heavy atom. The monoisotopic (exact) mass is 548 g/mol. The summed E-state index contributed by atoms with van der Waals surface area (Å²) < 4.78 is 0. The van der Waals surface area contributed by atoms with Crippen molar-refractivity contribution in [3.05, 3.63) is 89.5 Å². The molecule has 0 saturated heterocycles. The van der Waals surface area contributed by atoms with Crippen molar-refractivity contribution in [1.82, 2.24) is 0 Å². The van der Waals surface area contributed by atoms with Gasteiger partial charge in [0, 0.05) is 0 Å². The van der Waals surface area contributed by atoms with Crippen molar-refractivity contribution in [3.63, 3.8) is 0 Å². The molecule has 0 aliphatic rings. The van der Waals surface area contributed by atoms with Crippen molar-refractivity contribution >= 4 is 17.9 Å². The van der Waals surface area contributed by atoms with Crippen LogP contribution in [0.25, 0.3) is 0 Å². The summed E-state index contributed by atoms with van der Waals surface area (Å²) >= 11 is 0. The Kier molecular flexibility index (Phi) is 23.0. The number of hydrogen-bond acceptors (Lipinski definition) is 9. The molecular weight excluding hydrogens is 520 g/mol. The van der Waals surface area contributed by atoms with E-state index < -0.39 is 35.2 Å². The summed E-state index contributed by atoms with van der Waals surface area (Å²) in [4.78, 5) is 30.3. The minimum Gasteiger partial charge on any atom is -0.872 e. The molecule has 0 aromatic heterocycles. The van der Waals surface area contributed by atoms with Crippen molar-refractivity contribution in [1.29, 1.82) is 0 Å². The summed E-state index contributed by atoms with van der Waals surface area (Å²) in [6.45, 7) is 0. The van der Waals surface area contributed by atoms with E-state index in [-0.39, 0.29) is 38.4 Å². The summed E-state index contributed by atoms with van der Waals surface area (Å²) in [7, 11) is 8.00. The average molecular weight is 548 g/mol. The first-order chi connectivity index (χ1) is 17.0. The van der Waals surface area contributed by atoms with Crippen LogP contribution in [0.5, 0.6) is 17.2 Å². The van der Waals surface area contributed by atoms with Gasteiger partial charge < -0.3 is 55.7 Å². The maximum atomic E-state index is 10.6. The van der Waals surface area contributed by atoms with E-state index in [0.29, 0.717) is 0 Å². The Bertz CT molecular complexity index is 945. The predicted molar refractivity (Wildman–Crippen MR) is 118 cm³/mol. The molecule has 0 heterocycles. The molecule has 4 N–H and O–H groups in total. The molecule has 0 amide bonds. The van der Waals surface area contributed by atoms with Crippen molar-refractivity contribution in [2.45, 2.75) is 0 Å². The van der Waals surface area contributed by atoms with Crippen LogP contribution in [0.3, 0.4) is 0 Å². The van der Waals surface area contributed by atoms with Crippen LogP contribution in [0.1, 0.15) is 31.1 Å². The molecule has 0 saturated carbocycles. The van der Waals surface area contributed by atoms with Gasteiger partial charge in [0.15, 0.2) is 0 Å². The molecule has 37 heavy (non-hydrogen) atoms. The third kappa shape index (κ3) is 17.2. The number of carboxylic acid groups (broad SMARTS) is 3. The fourth-order valence-corrected chi connectivity index (χ4v) is 1.91. The van der Waals surface area contributed by atoms with Gasteiger partial charge in [0.1, 0.15) is 0 Å². The molecule has 3 rings (SSSR count). The maximum absolute atomic E-state index is 10.6. The Morgan fingerprint density at radius 2 is 0.649 bits per heavy atom. The van der Waals surface area contributed by atoms with Crippen LogP contribution >= 0.6 is 0 Å². The number of carbonyl (C=O) groups is 3. The van der Waals surface area contributed by atoms with Crippen LogP contribution in [0.4, 0.5) is 0 Å². The zero-order valence-electron chi connectivity index (χ0n) is 20.8. The number of aromatic carboxylic acids is 3. The van der Waals surface area contributed by atoms with Crippen LogP contribution in [-0.2, 0) is 21.7 Å². The minimum atomic E-state index is -1.43. The van der Waals surface area contributed by atoms with Gasteiger partial charge >= 0.3 is 21.7 Å². The van der Waals surface area contributed by atoms with E-state index in [1.165, 1.54) is 72.8 Å². The van der Waals surface area contributed by atoms with Gasteiger partial charge in [-0.2, -0.15) is 0 Å². The number of benzene rings is 3. The third-order valence-electron chi connectivity index (χ3n) is 3.32. The molecule has 0 aliphatic carbocycles. The fourth-order valence-electron chi connectivity index (χ4n) is 1.91. The molecule has 0 fully saturated rings. The summed E-state index contributed by atoms with van der Waals surface area (Å²) in [6, 6.07) is 16.1. The van der Waals surface area contributed by atoms with Crippen molar-refractivity contribution in [2.24, 2.45) is 0 Å². The minimum absolute atomic E-state index is 0. The second-order valence-electron chi connectivity index (χ2n) is 6.51. The van der Waals surface area contributed by atoms with E-state index >= 15 is 0 Å². The quantitative estimate of drug-likeness (QED) is 0.299. The van der Waals surface area contributed by atoms with E-state index in [1.807, 2.05) is 38.8 Å². The van der Waals surface area contributed by atoms with E-state index in [4.69, 9.17) is 0 Å². The van der Waals surface area contributed by atoms with Gasteiger partial charge in [0.2, 0.25) is 0 Å². The van der Waals surface area contributed by atoms with Gasteiger partial charge in [0.25, 0.3) is 0 Å². The molecule has 12 heteroatoms. The normalized spacial score (nSPS) is 8.43. The molecule has 196 valence electrons. The van der Waals surface area contributed by atoms with Crippen LogP contribution in [0.15, 0.2) is 72.8 Å². The van der Waals surface area contributed by atoms with Gasteiger partial charge in [0.05, 0.1) is 46.1 Å². The first kappa shape index (κ1) is 37.6. The fraction of sp³-hybridized carbons (Fsp3) is 0.160. The third-order valence-corrected chi connectivity index (χ3v) is 3.32. The number of carboxylic acids is 3. The van der Waals surface area contributed by atoms with Crippen LogP contribution < -0.4 is 41.3 Å². The molecule has 11 nitrogen and oxygen atoms in total. The number of quaternary nitrogens is 2. The molecule has 0 atom stereocenters. The zero-order valence-corrected chi connectivity index (χ0v) is 22.3. The average Bonchev–Trinajstić information content (AvgIpc) is 2.81. The van der Waals surface area contributed by atoms with E-state index in [0.717, 1.165) is 0 Å². The van der Waals surface area contributed by atoms with Crippen molar-refractivity contribution in [2.75, 3.05) is 28.2 Å². The smallest absolute Gasteiger partial charge is 0.872 e. The number of rotatable bonds is 3. The Morgan fingerprint density at radius 3 is 0.757 bits per heavy atom. The number of para-hydroxylation sites is 3. The first-order valence-electron chi connectivity index (χ1n) is 10.4. The molecule has 3 aromatic rings. The second kappa shape index (κ2) is 22.6. The van der Waals surface area contributed by atoms with E-state index in [2.05, 4.69) is 0 Å². The molecule has 3 aromatic carbocycles. The van der Waals surface area contributed by atoms with Gasteiger partial charge in [-0.05, 0) is 16.7 Å².